The third kappa shape index (κ3) is 4.78. The molecule has 0 radical (unpaired) electrons. The second kappa shape index (κ2) is 8.12. The van der Waals surface area contributed by atoms with Crippen LogP contribution in [0.25, 0.3) is 0 Å². The van der Waals surface area contributed by atoms with Gasteiger partial charge < -0.3 is 14.7 Å². The van der Waals surface area contributed by atoms with Gasteiger partial charge in [0.25, 0.3) is 0 Å². The minimum Gasteiger partial charge on any atom is -0.496 e. The fourth-order valence-corrected chi connectivity index (χ4v) is 2.38. The number of methoxy groups -OCH3 is 1. The van der Waals surface area contributed by atoms with Crippen molar-refractivity contribution >= 4 is 12.0 Å². The van der Waals surface area contributed by atoms with Gasteiger partial charge in [0.1, 0.15) is 5.75 Å². The summed E-state index contributed by atoms with van der Waals surface area (Å²) < 4.78 is 46.1. The normalized spacial score (nSPS) is 14.6. The lowest BCUT2D eigenvalue weighted by Crippen LogP contribution is -2.42. The van der Waals surface area contributed by atoms with Gasteiger partial charge in [0, 0.05) is 31.1 Å². The van der Waals surface area contributed by atoms with E-state index >= 15 is 0 Å². The van der Waals surface area contributed by atoms with Gasteiger partial charge in [-0.3, -0.25) is 0 Å². The fourth-order valence-electron chi connectivity index (χ4n) is 2.38. The molecule has 1 N–H and O–H groups in total. The average molecular weight is 372 g/mol. The van der Waals surface area contributed by atoms with Crippen molar-refractivity contribution in [3.05, 3.63) is 35.4 Å². The zero-order valence-electron chi connectivity index (χ0n) is 16.1. The van der Waals surface area contributed by atoms with Gasteiger partial charge in [-0.25, -0.2) is 4.99 Å². The number of aliphatic hydroxyl groups is 1. The van der Waals surface area contributed by atoms with Crippen LogP contribution in [0.2, 0.25) is 0 Å². The van der Waals surface area contributed by atoms with E-state index in [4.69, 9.17) is 4.74 Å². The largest absolute Gasteiger partial charge is 0.496 e. The molecule has 0 heterocycles. The highest BCUT2D eigenvalue weighted by Gasteiger charge is 2.56. The Morgan fingerprint density at radius 1 is 1.38 bits per heavy atom. The van der Waals surface area contributed by atoms with Crippen molar-refractivity contribution < 1.29 is 23.0 Å². The number of benzene rings is 1. The van der Waals surface area contributed by atoms with E-state index in [0.717, 1.165) is 0 Å². The van der Waals surface area contributed by atoms with Crippen molar-refractivity contribution in [2.45, 2.75) is 51.9 Å². The van der Waals surface area contributed by atoms with Gasteiger partial charge in [-0.15, -0.1) is 6.58 Å². The number of aryl methyl sites for hydroxylation is 1. The SMILES string of the molecule is C=C(C)CC(O)(c1cc(C)c(/N=C/N(C)C(C)C)cc1OC)C(F)(F)F. The van der Waals surface area contributed by atoms with Crippen molar-refractivity contribution in [1.29, 1.82) is 0 Å². The molecule has 1 atom stereocenters. The first-order valence-corrected chi connectivity index (χ1v) is 8.22. The Bertz CT molecular complexity index is 684. The molecule has 26 heavy (non-hydrogen) atoms. The van der Waals surface area contributed by atoms with Crippen molar-refractivity contribution in [1.82, 2.24) is 4.90 Å². The van der Waals surface area contributed by atoms with Crippen molar-refractivity contribution in [2.75, 3.05) is 14.2 Å². The molecular weight excluding hydrogens is 345 g/mol. The van der Waals surface area contributed by atoms with Crippen LogP contribution in [-0.2, 0) is 5.60 Å². The summed E-state index contributed by atoms with van der Waals surface area (Å²) in [5.74, 6) is -0.0731. The molecular formula is C19H27F3N2O2. The molecule has 146 valence electrons. The summed E-state index contributed by atoms with van der Waals surface area (Å²) >= 11 is 0. The van der Waals surface area contributed by atoms with E-state index in [2.05, 4.69) is 11.6 Å². The van der Waals surface area contributed by atoms with Crippen LogP contribution in [0.1, 0.15) is 38.3 Å². The molecule has 1 unspecified atom stereocenters. The first-order chi connectivity index (χ1) is 11.8. The number of halogens is 3. The van der Waals surface area contributed by atoms with E-state index in [9.17, 15) is 18.3 Å². The van der Waals surface area contributed by atoms with Crippen LogP contribution in [0.5, 0.6) is 5.75 Å². The second-order valence-corrected chi connectivity index (χ2v) is 6.83. The molecule has 0 aliphatic heterocycles. The molecule has 1 aromatic rings. The van der Waals surface area contributed by atoms with Crippen molar-refractivity contribution in [2.24, 2.45) is 4.99 Å². The van der Waals surface area contributed by atoms with E-state index < -0.39 is 18.2 Å². The van der Waals surface area contributed by atoms with E-state index in [0.29, 0.717) is 11.3 Å². The Morgan fingerprint density at radius 2 is 1.96 bits per heavy atom. The molecule has 0 amide bonds. The van der Waals surface area contributed by atoms with E-state index in [-0.39, 0.29) is 22.9 Å². The zero-order chi connectivity index (χ0) is 20.3. The smallest absolute Gasteiger partial charge is 0.421 e. The fraction of sp³-hybridized carbons (Fsp3) is 0.526. The summed E-state index contributed by atoms with van der Waals surface area (Å²) in [5, 5.41) is 10.5. The van der Waals surface area contributed by atoms with Crippen LogP contribution >= 0.6 is 0 Å². The Morgan fingerprint density at radius 3 is 2.38 bits per heavy atom. The van der Waals surface area contributed by atoms with Gasteiger partial charge in [-0.05, 0) is 39.3 Å². The Kier molecular flexibility index (Phi) is 6.88. The van der Waals surface area contributed by atoms with Gasteiger partial charge in [0.2, 0.25) is 0 Å². The maximum atomic E-state index is 13.7. The summed E-state index contributed by atoms with van der Waals surface area (Å²) in [6.07, 6.45) is -3.92. The molecule has 0 saturated heterocycles. The first kappa shape index (κ1) is 22.0. The monoisotopic (exact) mass is 372 g/mol. The molecule has 0 spiro atoms. The first-order valence-electron chi connectivity index (χ1n) is 8.22. The molecule has 0 aromatic heterocycles. The molecule has 1 rings (SSSR count). The van der Waals surface area contributed by atoms with Crippen LogP contribution in [0, 0.1) is 6.92 Å². The number of hydrogen-bond acceptors (Lipinski definition) is 3. The summed E-state index contributed by atoms with van der Waals surface area (Å²) in [6, 6.07) is 2.91. The minimum atomic E-state index is -4.88. The van der Waals surface area contributed by atoms with Crippen molar-refractivity contribution in [3.8, 4) is 5.75 Å². The highest BCUT2D eigenvalue weighted by Crippen LogP contribution is 2.47. The molecule has 1 aromatic carbocycles. The quantitative estimate of drug-likeness (QED) is 0.428. The van der Waals surface area contributed by atoms with Gasteiger partial charge in [-0.2, -0.15) is 13.2 Å². The van der Waals surface area contributed by atoms with Gasteiger partial charge in [-0.1, -0.05) is 5.57 Å². The van der Waals surface area contributed by atoms with Crippen LogP contribution in [0.4, 0.5) is 18.9 Å². The third-order valence-corrected chi connectivity index (χ3v) is 4.18. The number of aliphatic imine (C=N–C) groups is 1. The number of hydrogen-bond donors (Lipinski definition) is 1. The Labute approximate surface area is 153 Å². The molecule has 0 aliphatic carbocycles. The lowest BCUT2D eigenvalue weighted by molar-refractivity contribution is -0.266. The molecule has 0 saturated carbocycles. The Hall–Kier alpha value is -2.02. The van der Waals surface area contributed by atoms with E-state index in [1.165, 1.54) is 26.2 Å². The van der Waals surface area contributed by atoms with Crippen LogP contribution in [-0.4, -0.2) is 42.7 Å². The number of ether oxygens (including phenoxy) is 1. The summed E-state index contributed by atoms with van der Waals surface area (Å²) in [5.41, 5.74) is -2.24. The average Bonchev–Trinajstić information content (AvgIpc) is 2.51. The van der Waals surface area contributed by atoms with Gasteiger partial charge >= 0.3 is 6.18 Å². The maximum absolute atomic E-state index is 13.7. The molecule has 7 heteroatoms. The highest BCUT2D eigenvalue weighted by molar-refractivity contribution is 5.65. The lowest BCUT2D eigenvalue weighted by Gasteiger charge is -2.32. The highest BCUT2D eigenvalue weighted by atomic mass is 19.4. The van der Waals surface area contributed by atoms with Crippen molar-refractivity contribution in [3.63, 3.8) is 0 Å². The minimum absolute atomic E-state index is 0.0731. The molecule has 4 nitrogen and oxygen atoms in total. The summed E-state index contributed by atoms with van der Waals surface area (Å²) in [7, 11) is 3.11. The lowest BCUT2D eigenvalue weighted by atomic mass is 9.85. The number of rotatable bonds is 7. The van der Waals surface area contributed by atoms with E-state index in [1.54, 1.807) is 13.3 Å². The van der Waals surface area contributed by atoms with Gasteiger partial charge in [0.05, 0.1) is 19.1 Å². The van der Waals surface area contributed by atoms with E-state index in [1.807, 2.05) is 25.8 Å². The molecule has 0 bridgehead atoms. The van der Waals surface area contributed by atoms with Crippen LogP contribution in [0.3, 0.4) is 0 Å². The third-order valence-electron chi connectivity index (χ3n) is 4.18. The molecule has 0 fully saturated rings. The number of alkyl halides is 3. The predicted molar refractivity (Wildman–Crippen MR) is 98.2 cm³/mol. The standard InChI is InChI=1S/C19H27F3N2O2/c1-12(2)10-18(25,19(20,21)22)15-8-14(5)16(9-17(15)26-7)23-11-24(6)13(3)4/h8-9,11,13,25H,1,10H2,2-7H3/b23-11+. The van der Waals surface area contributed by atoms with Gasteiger partial charge in [0.15, 0.2) is 5.60 Å². The Balaban J connectivity index is 3.50. The maximum Gasteiger partial charge on any atom is 0.421 e. The molecule has 0 aliphatic rings. The predicted octanol–water partition coefficient (Wildman–Crippen LogP) is 4.72. The summed E-state index contributed by atoms with van der Waals surface area (Å²) in [4.78, 5) is 6.19. The number of nitrogens with zero attached hydrogens (tertiary/aromatic N) is 2. The zero-order valence-corrected chi connectivity index (χ0v) is 16.1. The van der Waals surface area contributed by atoms with Crippen LogP contribution < -0.4 is 4.74 Å². The second-order valence-electron chi connectivity index (χ2n) is 6.83. The van der Waals surface area contributed by atoms with Crippen LogP contribution in [0.15, 0.2) is 29.3 Å². The topological polar surface area (TPSA) is 45.1 Å². The summed E-state index contributed by atoms with van der Waals surface area (Å²) in [6.45, 7) is 10.6.